The van der Waals surface area contributed by atoms with E-state index in [-0.39, 0.29) is 30.5 Å². The lowest BCUT2D eigenvalue weighted by Gasteiger charge is -2.12. The first kappa shape index (κ1) is 19.2. The van der Waals surface area contributed by atoms with Crippen LogP contribution in [-0.2, 0) is 16.0 Å². The summed E-state index contributed by atoms with van der Waals surface area (Å²) in [6.45, 7) is 1.46. The highest BCUT2D eigenvalue weighted by Gasteiger charge is 2.09. The zero-order chi connectivity index (χ0) is 17.6. The summed E-state index contributed by atoms with van der Waals surface area (Å²) >= 11 is 0. The second-order valence-electron chi connectivity index (χ2n) is 5.59. The molecule has 1 amide bonds. The molecule has 7 heteroatoms. The van der Waals surface area contributed by atoms with Crippen LogP contribution in [0.4, 0.5) is 0 Å². The Morgan fingerprint density at radius 1 is 1.04 bits per heavy atom. The highest BCUT2D eigenvalue weighted by molar-refractivity contribution is 5.95. The van der Waals surface area contributed by atoms with Gasteiger partial charge >= 0.3 is 0 Å². The summed E-state index contributed by atoms with van der Waals surface area (Å²) in [6.07, 6.45) is 1.54. The van der Waals surface area contributed by atoms with Gasteiger partial charge < -0.3 is 4.98 Å². The quantitative estimate of drug-likeness (QED) is 0.460. The molecule has 3 N–H and O–H groups in total. The van der Waals surface area contributed by atoms with E-state index in [4.69, 9.17) is 0 Å². The Hall–Kier alpha value is -3.12. The predicted molar refractivity (Wildman–Crippen MR) is 103 cm³/mol. The highest BCUT2D eigenvalue weighted by Crippen LogP contribution is 2.11. The van der Waals surface area contributed by atoms with Crippen LogP contribution in [0.15, 0.2) is 60.7 Å². The standard InChI is InChI=1S/C19H18N4O2.ClH/c1-13(24)11-17(14-7-3-2-4-8-14)22-23-19(25)12-18-20-15-9-5-6-10-16(15)21-18;/h2-11,22H,12H2,1H3,(H,20,21)(H,23,25);1H. The third-order valence-electron chi connectivity index (χ3n) is 3.54. The second-order valence-corrected chi connectivity index (χ2v) is 5.59. The van der Waals surface area contributed by atoms with E-state index in [9.17, 15) is 9.59 Å². The molecule has 1 aromatic heterocycles. The molecule has 3 rings (SSSR count). The lowest BCUT2D eigenvalue weighted by atomic mass is 10.1. The van der Waals surface area contributed by atoms with Crippen LogP contribution in [0.5, 0.6) is 0 Å². The molecule has 0 aliphatic rings. The number of ketones is 1. The van der Waals surface area contributed by atoms with Crippen LogP contribution in [0.25, 0.3) is 16.7 Å². The zero-order valence-electron chi connectivity index (χ0n) is 14.2. The Balaban J connectivity index is 0.00000243. The molecule has 26 heavy (non-hydrogen) atoms. The van der Waals surface area contributed by atoms with Gasteiger partial charge in [0.05, 0.1) is 23.2 Å². The largest absolute Gasteiger partial charge is 0.342 e. The van der Waals surface area contributed by atoms with E-state index in [2.05, 4.69) is 20.8 Å². The number of benzene rings is 2. The molecule has 3 aromatic rings. The van der Waals surface area contributed by atoms with Gasteiger partial charge in [-0.2, -0.15) is 0 Å². The Bertz CT molecular complexity index is 902. The van der Waals surface area contributed by atoms with Crippen molar-refractivity contribution in [2.45, 2.75) is 13.3 Å². The molecule has 2 aromatic carbocycles. The summed E-state index contributed by atoms with van der Waals surface area (Å²) in [5.74, 6) is 0.208. The van der Waals surface area contributed by atoms with Crippen LogP contribution in [0.3, 0.4) is 0 Å². The Kier molecular flexibility index (Phi) is 6.52. The van der Waals surface area contributed by atoms with Crippen LogP contribution in [0.1, 0.15) is 18.3 Å². The molecule has 1 heterocycles. The van der Waals surface area contributed by atoms with Gasteiger partial charge in [0.15, 0.2) is 5.78 Å². The SMILES string of the molecule is CC(=O)C=C(NNC(=O)Cc1nc2ccccc2[nH]1)c1ccccc1.Cl. The molecule has 0 atom stereocenters. The number of nitrogens with one attached hydrogen (secondary N) is 3. The van der Waals surface area contributed by atoms with Gasteiger partial charge in [0.25, 0.3) is 0 Å². The van der Waals surface area contributed by atoms with Crippen LogP contribution < -0.4 is 10.9 Å². The summed E-state index contributed by atoms with van der Waals surface area (Å²) in [7, 11) is 0. The maximum atomic E-state index is 12.2. The first-order valence-corrected chi connectivity index (χ1v) is 7.88. The number of nitrogens with zero attached hydrogens (tertiary/aromatic N) is 1. The molecular weight excluding hydrogens is 352 g/mol. The number of rotatable bonds is 6. The summed E-state index contributed by atoms with van der Waals surface area (Å²) in [5, 5.41) is 0. The van der Waals surface area contributed by atoms with Crippen molar-refractivity contribution in [3.05, 3.63) is 72.1 Å². The molecule has 0 bridgehead atoms. The number of aromatic amines is 1. The van der Waals surface area contributed by atoms with E-state index in [0.717, 1.165) is 16.6 Å². The van der Waals surface area contributed by atoms with E-state index < -0.39 is 0 Å². The molecule has 0 aliphatic heterocycles. The molecule has 0 unspecified atom stereocenters. The first-order valence-electron chi connectivity index (χ1n) is 7.88. The number of H-pyrrole nitrogens is 1. The van der Waals surface area contributed by atoms with Crippen LogP contribution in [0, 0.1) is 0 Å². The van der Waals surface area contributed by atoms with E-state index in [1.807, 2.05) is 54.6 Å². The highest BCUT2D eigenvalue weighted by atomic mass is 35.5. The maximum Gasteiger partial charge on any atom is 0.245 e. The van der Waals surface area contributed by atoms with Crippen molar-refractivity contribution in [1.29, 1.82) is 0 Å². The summed E-state index contributed by atoms with van der Waals surface area (Å²) in [5.41, 5.74) is 8.48. The van der Waals surface area contributed by atoms with Crippen LogP contribution in [-0.4, -0.2) is 21.7 Å². The number of hydrogen-bond donors (Lipinski definition) is 3. The fourth-order valence-corrected chi connectivity index (χ4v) is 2.44. The molecule has 0 saturated heterocycles. The number of carbonyl (C=O) groups excluding carboxylic acids is 2. The van der Waals surface area contributed by atoms with Crippen molar-refractivity contribution < 1.29 is 9.59 Å². The Morgan fingerprint density at radius 2 is 1.73 bits per heavy atom. The van der Waals surface area contributed by atoms with E-state index in [1.165, 1.54) is 13.0 Å². The summed E-state index contributed by atoms with van der Waals surface area (Å²) in [4.78, 5) is 31.1. The predicted octanol–water partition coefficient (Wildman–Crippen LogP) is 2.78. The average Bonchev–Trinajstić information content (AvgIpc) is 3.01. The topological polar surface area (TPSA) is 86.9 Å². The van der Waals surface area contributed by atoms with Crippen molar-refractivity contribution in [3.8, 4) is 0 Å². The lowest BCUT2D eigenvalue weighted by molar-refractivity contribution is -0.121. The van der Waals surface area contributed by atoms with Gasteiger partial charge in [-0.15, -0.1) is 12.4 Å². The van der Waals surface area contributed by atoms with Crippen LogP contribution in [0.2, 0.25) is 0 Å². The van der Waals surface area contributed by atoms with E-state index in [1.54, 1.807) is 0 Å². The van der Waals surface area contributed by atoms with Gasteiger partial charge in [0.1, 0.15) is 5.82 Å². The minimum absolute atomic E-state index is 0. The summed E-state index contributed by atoms with van der Waals surface area (Å²) in [6, 6.07) is 16.9. The number of hydrazine groups is 1. The minimum atomic E-state index is -0.260. The maximum absolute atomic E-state index is 12.2. The fourth-order valence-electron chi connectivity index (χ4n) is 2.44. The number of para-hydroxylation sites is 2. The van der Waals surface area contributed by atoms with Crippen LogP contribution >= 0.6 is 12.4 Å². The van der Waals surface area contributed by atoms with Gasteiger partial charge in [-0.3, -0.25) is 20.4 Å². The molecule has 0 spiro atoms. The van der Waals surface area contributed by atoms with Gasteiger partial charge in [-0.1, -0.05) is 42.5 Å². The van der Waals surface area contributed by atoms with Gasteiger partial charge in [0, 0.05) is 6.08 Å². The van der Waals surface area contributed by atoms with E-state index >= 15 is 0 Å². The van der Waals surface area contributed by atoms with Crippen molar-refractivity contribution in [3.63, 3.8) is 0 Å². The molecule has 0 aliphatic carbocycles. The zero-order valence-corrected chi connectivity index (χ0v) is 15.0. The average molecular weight is 371 g/mol. The monoisotopic (exact) mass is 370 g/mol. The molecule has 0 radical (unpaired) electrons. The smallest absolute Gasteiger partial charge is 0.245 e. The Morgan fingerprint density at radius 3 is 2.42 bits per heavy atom. The Labute approximate surface area is 157 Å². The van der Waals surface area contributed by atoms with Gasteiger partial charge in [-0.25, -0.2) is 4.98 Å². The lowest BCUT2D eigenvalue weighted by Crippen LogP contribution is -2.37. The number of aromatic nitrogens is 2. The molecule has 0 fully saturated rings. The minimum Gasteiger partial charge on any atom is -0.342 e. The fraction of sp³-hybridized carbons (Fsp3) is 0.105. The normalized spacial score (nSPS) is 10.9. The molecular formula is C19H19ClN4O2. The number of imidazole rings is 1. The number of carbonyl (C=O) groups is 2. The van der Waals surface area contributed by atoms with E-state index in [0.29, 0.717) is 11.5 Å². The third kappa shape index (κ3) is 4.94. The van der Waals surface area contributed by atoms with Crippen molar-refractivity contribution >= 4 is 40.8 Å². The number of allylic oxidation sites excluding steroid dienone is 1. The van der Waals surface area contributed by atoms with Crippen molar-refractivity contribution in [1.82, 2.24) is 20.8 Å². The second kappa shape index (κ2) is 8.82. The number of halogens is 1. The molecule has 134 valence electrons. The van der Waals surface area contributed by atoms with Gasteiger partial charge in [0.2, 0.25) is 5.91 Å². The number of hydrogen-bond acceptors (Lipinski definition) is 4. The number of amides is 1. The molecule has 6 nitrogen and oxygen atoms in total. The first-order chi connectivity index (χ1) is 12.1. The van der Waals surface area contributed by atoms with Crippen molar-refractivity contribution in [2.75, 3.05) is 0 Å². The molecule has 0 saturated carbocycles. The van der Waals surface area contributed by atoms with Crippen molar-refractivity contribution in [2.24, 2.45) is 0 Å². The number of fused-ring (bicyclic) bond motifs is 1. The van der Waals surface area contributed by atoms with Gasteiger partial charge in [-0.05, 0) is 24.6 Å². The third-order valence-corrected chi connectivity index (χ3v) is 3.54. The summed E-state index contributed by atoms with van der Waals surface area (Å²) < 4.78 is 0.